The lowest BCUT2D eigenvalue weighted by Gasteiger charge is -2.31. The molecule has 0 unspecified atom stereocenters. The molecule has 0 aliphatic heterocycles. The van der Waals surface area contributed by atoms with Gasteiger partial charge in [-0.1, -0.05) is 284 Å². The van der Waals surface area contributed by atoms with Crippen LogP contribution in [0.5, 0.6) is 5.75 Å². The quantitative estimate of drug-likeness (QED) is 0.161. The molecule has 1 N–H and O–H groups in total. The van der Waals surface area contributed by atoms with Gasteiger partial charge in [0, 0.05) is 62.9 Å². The van der Waals surface area contributed by atoms with Gasteiger partial charge in [0.2, 0.25) is 0 Å². The van der Waals surface area contributed by atoms with E-state index in [4.69, 9.17) is 22.9 Å². The highest BCUT2D eigenvalue weighted by Crippen LogP contribution is 2.62. The van der Waals surface area contributed by atoms with Gasteiger partial charge in [-0.15, -0.1) is 0 Å². The Hall–Kier alpha value is -11.5. The molecule has 3 aromatic heterocycles. The number of rotatable bonds is 7. The van der Waals surface area contributed by atoms with E-state index in [1.165, 1.54) is 134 Å². The lowest BCUT2D eigenvalue weighted by molar-refractivity contribution is 0.454. The molecule has 545 valence electrons. The third kappa shape index (κ3) is 11.3. The molecular weight excluding hydrogens is 1500 g/mol. The Morgan fingerprint density at radius 1 is 0.250 bits per heavy atom. The number of halogens is 2. The lowest BCUT2D eigenvalue weighted by Crippen LogP contribution is -2.24. The summed E-state index contributed by atoms with van der Waals surface area (Å²) in [6.07, 6.45) is 0. The molecule has 0 atom stereocenters. The van der Waals surface area contributed by atoms with Crippen LogP contribution in [0.4, 0.5) is 0 Å². The van der Waals surface area contributed by atoms with Crippen molar-refractivity contribution < 1.29 is 22.9 Å². The highest BCUT2D eigenvalue weighted by molar-refractivity contribution is 9.10. The predicted octanol–water partition coefficient (Wildman–Crippen LogP) is 30.0. The van der Waals surface area contributed by atoms with Gasteiger partial charge >= 0.3 is 7.69 Å². The smallest absolute Gasteiger partial charge is 0.537 e. The van der Waals surface area contributed by atoms with Crippen LogP contribution < -0.4 is 4.65 Å². The van der Waals surface area contributed by atoms with Crippen LogP contribution in [0.3, 0.4) is 0 Å². The van der Waals surface area contributed by atoms with Crippen LogP contribution in [-0.4, -0.2) is 12.7 Å². The Bertz CT molecular complexity index is 6540. The zero-order valence-electron chi connectivity index (χ0n) is 62.2. The van der Waals surface area contributed by atoms with Gasteiger partial charge in [-0.25, -0.2) is 0 Å². The normalized spacial score (nSPS) is 14.2. The molecule has 3 heterocycles. The van der Waals surface area contributed by atoms with E-state index in [1.54, 1.807) is 6.07 Å². The Morgan fingerprint density at radius 3 is 0.777 bits per heavy atom. The zero-order chi connectivity index (χ0) is 74.9. The molecule has 15 aromatic carbocycles. The Labute approximate surface area is 671 Å². The van der Waals surface area contributed by atoms with E-state index in [-0.39, 0.29) is 36.5 Å². The first-order chi connectivity index (χ1) is 53.3. The van der Waals surface area contributed by atoms with E-state index >= 15 is 0 Å². The summed E-state index contributed by atoms with van der Waals surface area (Å²) in [4.78, 5) is 0. The van der Waals surface area contributed by atoms with Crippen molar-refractivity contribution in [3.8, 4) is 106 Å². The average Bonchev–Trinajstić information content (AvgIpc) is 1.53. The van der Waals surface area contributed by atoms with Crippen LogP contribution in [0.2, 0.25) is 0 Å². The highest BCUT2D eigenvalue weighted by atomic mass is 79.9. The van der Waals surface area contributed by atoms with E-state index < -0.39 is 0 Å². The molecule has 112 heavy (non-hydrogen) atoms. The van der Waals surface area contributed by atoms with Crippen molar-refractivity contribution in [2.24, 2.45) is 0 Å². The Balaban J connectivity index is 0.000000143. The van der Waals surface area contributed by atoms with Crippen LogP contribution in [0.25, 0.3) is 166 Å². The number of hydrogen-bond donors (Lipinski definition) is 1. The van der Waals surface area contributed by atoms with Gasteiger partial charge in [0.25, 0.3) is 0 Å². The van der Waals surface area contributed by atoms with E-state index in [0.29, 0.717) is 13.4 Å². The van der Waals surface area contributed by atoms with Crippen molar-refractivity contribution in [3.63, 3.8) is 0 Å². The molecule has 0 saturated heterocycles. The fourth-order valence-electron chi connectivity index (χ4n) is 19.0. The predicted molar refractivity (Wildman–Crippen MR) is 476 cm³/mol. The van der Waals surface area contributed by atoms with E-state index in [0.717, 1.165) is 85.9 Å². The molecule has 4 aliphatic rings. The molecule has 5 nitrogen and oxygen atoms in total. The van der Waals surface area contributed by atoms with Crippen LogP contribution in [0.1, 0.15) is 115 Å². The second-order valence-electron chi connectivity index (χ2n) is 32.1. The molecule has 8 heteroatoms. The highest BCUT2D eigenvalue weighted by Gasteiger charge is 2.48. The first-order valence-electron chi connectivity index (χ1n) is 37.7. The average molecular weight is 1580 g/mol. The maximum Gasteiger partial charge on any atom is 0.569 e. The third-order valence-electron chi connectivity index (χ3n) is 24.3. The first-order valence-corrected chi connectivity index (χ1v) is 39.3. The lowest BCUT2D eigenvalue weighted by atomic mass is 9.72. The van der Waals surface area contributed by atoms with Crippen molar-refractivity contribution >= 4 is 105 Å². The van der Waals surface area contributed by atoms with Crippen LogP contribution in [-0.2, 0) is 21.7 Å². The summed E-state index contributed by atoms with van der Waals surface area (Å²) in [5.41, 5.74) is 39.3. The minimum absolute atomic E-state index is 0. The van der Waals surface area contributed by atoms with Crippen molar-refractivity contribution in [2.45, 2.75) is 91.9 Å². The van der Waals surface area contributed by atoms with Gasteiger partial charge in [-0.2, -0.15) is 0 Å². The number of furan rings is 3. The summed E-state index contributed by atoms with van der Waals surface area (Å²) in [6, 6.07) is 107. The van der Waals surface area contributed by atoms with Gasteiger partial charge in [-0.3, -0.25) is 0 Å². The third-order valence-corrected chi connectivity index (χ3v) is 25.3. The molecule has 0 saturated carbocycles. The van der Waals surface area contributed by atoms with Crippen LogP contribution in [0, 0.1) is 0 Å². The molecule has 1 radical (unpaired) electrons. The molecule has 22 rings (SSSR count). The topological polar surface area (TPSA) is 68.9 Å². The molecule has 0 fully saturated rings. The monoisotopic (exact) mass is 1580 g/mol. The fourth-order valence-corrected chi connectivity index (χ4v) is 19.7. The largest absolute Gasteiger partial charge is 0.569 e. The number of fused-ring (bicyclic) bond motifs is 23. The van der Waals surface area contributed by atoms with Crippen molar-refractivity contribution in [2.75, 3.05) is 0 Å². The minimum atomic E-state index is -0.197. The van der Waals surface area contributed by atoms with Crippen LogP contribution >= 0.6 is 31.9 Å². The summed E-state index contributed by atoms with van der Waals surface area (Å²) in [5.74, 6) is 0.572. The standard InChI is InChI=1S/C60H42O2.C24H20Br2.C18H12BO3.2CH4/c1-59(2)51-33-41(39-19-27-55-49(31-39)47-29-37(17-25-53(47)61-55)35-11-7-5-8-12-35)15-21-43(51)45-23-24-46-44-22-16-42(34-52(44)60(3,4)58(46)57(45)59)40-20-28-56-50(32-40)48-30-38(18-26-54(48)62-56)36-13-9-6-10-14-36;1-23(2)19-11-13(25)5-7-15(19)17-9-10-18-16-8-6-14(26)12-20(16)24(3,4)22(18)21(17)23;20-19-22-14-7-9-18-16(11-14)15-10-13(6-8-17(15)21-18)12-4-2-1-3-5-12;;/h5-34H,1-4H3;5-12H,1-4H3;1-11,20H;2*1H4. The second-order valence-corrected chi connectivity index (χ2v) is 33.9. The van der Waals surface area contributed by atoms with Crippen molar-refractivity contribution in [1.29, 1.82) is 0 Å². The molecule has 0 amide bonds. The summed E-state index contributed by atoms with van der Waals surface area (Å²) < 4.78 is 25.9. The molecule has 18 aromatic rings. The maximum atomic E-state index is 8.78. The maximum absolute atomic E-state index is 8.78. The van der Waals surface area contributed by atoms with Gasteiger partial charge in [-0.05, 0) is 260 Å². The fraction of sp³-hybridized carbons (Fsp3) is 0.135. The molecular formula is C104H82BBr2O5. The zero-order valence-corrected chi connectivity index (χ0v) is 65.4. The Morgan fingerprint density at radius 2 is 0.482 bits per heavy atom. The molecule has 0 bridgehead atoms. The SMILES string of the molecule is C.C.CC1(C)c2cc(-c3ccc4oc5ccc(-c6ccccc6)cc5c4c3)ccc2-c2ccc3c(c21)C(C)(C)c1cc(-c2ccc4oc5ccc(-c6ccccc6)cc5c4c2)ccc1-3.CC1(C)c2cc(Br)ccc2-c2ccc3c(c21)C(C)(C)c1cc(Br)ccc1-3.O[B]Oc1ccc2oc3ccc(-c4ccccc4)cc3c2c1. The van der Waals surface area contributed by atoms with Crippen molar-refractivity contribution in [1.82, 2.24) is 0 Å². The summed E-state index contributed by atoms with van der Waals surface area (Å²) in [6.45, 7) is 19.2. The Kier molecular flexibility index (Phi) is 17.3. The minimum Gasteiger partial charge on any atom is -0.537 e. The van der Waals surface area contributed by atoms with Gasteiger partial charge in [0.1, 0.15) is 39.2 Å². The van der Waals surface area contributed by atoms with E-state index in [2.05, 4.69) is 342 Å². The van der Waals surface area contributed by atoms with Gasteiger partial charge < -0.3 is 22.9 Å². The van der Waals surface area contributed by atoms with Gasteiger partial charge in [0.15, 0.2) is 0 Å². The van der Waals surface area contributed by atoms with Crippen LogP contribution in [0.15, 0.2) is 319 Å². The number of benzene rings is 15. The summed E-state index contributed by atoms with van der Waals surface area (Å²) in [5, 5.41) is 15.3. The second kappa shape index (κ2) is 26.9. The number of hydrogen-bond acceptors (Lipinski definition) is 5. The van der Waals surface area contributed by atoms with E-state index in [9.17, 15) is 0 Å². The van der Waals surface area contributed by atoms with Gasteiger partial charge in [0.05, 0.1) is 0 Å². The molecule has 0 spiro atoms. The molecule has 4 aliphatic carbocycles. The summed E-state index contributed by atoms with van der Waals surface area (Å²) >= 11 is 7.34. The van der Waals surface area contributed by atoms with E-state index in [1.807, 2.05) is 36.4 Å². The van der Waals surface area contributed by atoms with Crippen molar-refractivity contribution in [3.05, 3.63) is 351 Å². The first kappa shape index (κ1) is 72.1. The summed E-state index contributed by atoms with van der Waals surface area (Å²) in [7, 11) is 0.679.